The number of aromatic nitrogens is 1. The second-order valence-electron chi connectivity index (χ2n) is 9.03. The number of likely N-dealkylation sites (tertiary alicyclic amines) is 1. The van der Waals surface area contributed by atoms with Gasteiger partial charge in [0.25, 0.3) is 5.91 Å². The molecular weight excluding hydrogens is 390 g/mol. The number of ether oxygens (including phenoxy) is 1. The van der Waals surface area contributed by atoms with Crippen molar-refractivity contribution in [3.63, 3.8) is 0 Å². The van der Waals surface area contributed by atoms with Crippen LogP contribution in [0.1, 0.15) is 61.6 Å². The normalized spacial score (nSPS) is 17.0. The van der Waals surface area contributed by atoms with E-state index in [0.29, 0.717) is 24.8 Å². The summed E-state index contributed by atoms with van der Waals surface area (Å²) in [6.45, 7) is 13.5. The van der Waals surface area contributed by atoms with E-state index in [9.17, 15) is 9.59 Å². The van der Waals surface area contributed by atoms with E-state index in [4.69, 9.17) is 4.74 Å². The molecule has 1 saturated heterocycles. The van der Waals surface area contributed by atoms with Crippen molar-refractivity contribution in [2.75, 3.05) is 19.6 Å². The molecule has 3 heterocycles. The Balaban J connectivity index is 1.69. The van der Waals surface area contributed by atoms with E-state index in [1.54, 1.807) is 11.8 Å². The van der Waals surface area contributed by atoms with Crippen LogP contribution in [0.4, 0.5) is 4.79 Å². The van der Waals surface area contributed by atoms with Crippen molar-refractivity contribution in [3.05, 3.63) is 47.4 Å². The lowest BCUT2D eigenvalue weighted by Crippen LogP contribution is -2.37. The highest BCUT2D eigenvalue weighted by Gasteiger charge is 2.28. The predicted octanol–water partition coefficient (Wildman–Crippen LogP) is 4.95. The van der Waals surface area contributed by atoms with Crippen LogP contribution < -0.4 is 0 Å². The van der Waals surface area contributed by atoms with E-state index in [-0.39, 0.29) is 12.0 Å². The SMILES string of the molecule is C=C(C)OC(=O)N1CCc2c(c3cc(C(=O)N4CCC(C)CC4)ccc3n2CCC)C1. The number of hydrogen-bond donors (Lipinski definition) is 0. The second kappa shape index (κ2) is 8.77. The Bertz CT molecular complexity index is 1010. The van der Waals surface area contributed by atoms with Crippen molar-refractivity contribution in [3.8, 4) is 0 Å². The summed E-state index contributed by atoms with van der Waals surface area (Å²) in [5.41, 5.74) is 4.29. The second-order valence-corrected chi connectivity index (χ2v) is 9.03. The lowest BCUT2D eigenvalue weighted by molar-refractivity contribution is 0.0697. The molecule has 6 heteroatoms. The number of aryl methyl sites for hydroxylation is 1. The fraction of sp³-hybridized carbons (Fsp3) is 0.520. The molecule has 1 aromatic carbocycles. The highest BCUT2D eigenvalue weighted by atomic mass is 16.6. The molecule has 1 fully saturated rings. The number of carbonyl (C=O) groups is 2. The summed E-state index contributed by atoms with van der Waals surface area (Å²) < 4.78 is 7.61. The van der Waals surface area contributed by atoms with Crippen LogP contribution in [0.3, 0.4) is 0 Å². The molecule has 2 aromatic rings. The van der Waals surface area contributed by atoms with Crippen molar-refractivity contribution >= 4 is 22.9 Å². The van der Waals surface area contributed by atoms with Crippen LogP contribution in [0.15, 0.2) is 30.5 Å². The molecule has 31 heavy (non-hydrogen) atoms. The summed E-state index contributed by atoms with van der Waals surface area (Å²) in [6.07, 6.45) is 3.59. The Morgan fingerprint density at radius 1 is 1.16 bits per heavy atom. The number of benzene rings is 1. The van der Waals surface area contributed by atoms with E-state index < -0.39 is 0 Å². The number of piperidine rings is 1. The van der Waals surface area contributed by atoms with Crippen molar-refractivity contribution in [1.82, 2.24) is 14.4 Å². The zero-order valence-electron chi connectivity index (χ0n) is 18.9. The first-order chi connectivity index (χ1) is 14.9. The summed E-state index contributed by atoms with van der Waals surface area (Å²) in [5, 5.41) is 1.08. The van der Waals surface area contributed by atoms with Crippen LogP contribution in [0, 0.1) is 5.92 Å². The molecular formula is C25H33N3O3. The standard InChI is InChI=1S/C25H33N3O3/c1-5-11-28-22-7-6-19(24(29)26-12-8-18(4)9-13-26)15-20(22)21-16-27(14-10-23(21)28)25(30)31-17(2)3/h6-7,15,18H,2,5,8-14,16H2,1,3-4H3. The molecule has 2 amide bonds. The van der Waals surface area contributed by atoms with Gasteiger partial charge in [-0.3, -0.25) is 4.79 Å². The average molecular weight is 424 g/mol. The first-order valence-corrected chi connectivity index (χ1v) is 11.4. The largest absolute Gasteiger partial charge is 0.416 e. The zero-order valence-corrected chi connectivity index (χ0v) is 18.9. The van der Waals surface area contributed by atoms with Gasteiger partial charge in [0.1, 0.15) is 0 Å². The fourth-order valence-electron chi connectivity index (χ4n) is 4.83. The first kappa shape index (κ1) is 21.5. The Morgan fingerprint density at radius 3 is 2.58 bits per heavy atom. The number of nitrogens with zero attached hydrogens (tertiary/aromatic N) is 3. The van der Waals surface area contributed by atoms with Crippen LogP contribution in [-0.4, -0.2) is 46.0 Å². The number of rotatable bonds is 4. The van der Waals surface area contributed by atoms with E-state index in [1.165, 1.54) is 5.69 Å². The van der Waals surface area contributed by atoms with Crippen molar-refractivity contribution in [1.29, 1.82) is 0 Å². The lowest BCUT2D eigenvalue weighted by Gasteiger charge is -2.30. The van der Waals surface area contributed by atoms with Gasteiger partial charge < -0.3 is 19.1 Å². The zero-order chi connectivity index (χ0) is 22.1. The van der Waals surface area contributed by atoms with Gasteiger partial charge in [-0.25, -0.2) is 4.79 Å². The molecule has 0 bridgehead atoms. The Hall–Kier alpha value is -2.76. The maximum Gasteiger partial charge on any atom is 0.415 e. The van der Waals surface area contributed by atoms with Gasteiger partial charge >= 0.3 is 6.09 Å². The van der Waals surface area contributed by atoms with E-state index in [1.807, 2.05) is 17.0 Å². The maximum absolute atomic E-state index is 13.2. The van der Waals surface area contributed by atoms with Gasteiger partial charge in [0.15, 0.2) is 0 Å². The predicted molar refractivity (Wildman–Crippen MR) is 122 cm³/mol. The minimum Gasteiger partial charge on any atom is -0.416 e. The third-order valence-electron chi connectivity index (χ3n) is 6.54. The number of allylic oxidation sites excluding steroid dienone is 1. The fourth-order valence-corrected chi connectivity index (χ4v) is 4.83. The van der Waals surface area contributed by atoms with Gasteiger partial charge in [-0.05, 0) is 50.3 Å². The molecule has 0 atom stereocenters. The van der Waals surface area contributed by atoms with Gasteiger partial charge in [0.05, 0.1) is 12.3 Å². The Morgan fingerprint density at radius 2 is 1.90 bits per heavy atom. The number of carbonyl (C=O) groups excluding carboxylic acids is 2. The summed E-state index contributed by atoms with van der Waals surface area (Å²) >= 11 is 0. The highest BCUT2D eigenvalue weighted by Crippen LogP contribution is 2.33. The van der Waals surface area contributed by atoms with Crippen LogP contribution in [0.2, 0.25) is 0 Å². The van der Waals surface area contributed by atoms with Gasteiger partial charge in [-0.1, -0.05) is 20.4 Å². The first-order valence-electron chi connectivity index (χ1n) is 11.4. The van der Waals surface area contributed by atoms with E-state index in [2.05, 4.69) is 31.1 Å². The molecule has 0 radical (unpaired) electrons. The van der Waals surface area contributed by atoms with Crippen LogP contribution in [0.25, 0.3) is 10.9 Å². The average Bonchev–Trinajstić information content (AvgIpc) is 3.06. The van der Waals surface area contributed by atoms with Crippen molar-refractivity contribution in [2.45, 2.75) is 59.5 Å². The summed E-state index contributed by atoms with van der Waals surface area (Å²) in [7, 11) is 0. The monoisotopic (exact) mass is 423 g/mol. The molecule has 0 saturated carbocycles. The highest BCUT2D eigenvalue weighted by molar-refractivity contribution is 5.99. The van der Waals surface area contributed by atoms with Crippen LogP contribution in [0.5, 0.6) is 0 Å². The van der Waals surface area contributed by atoms with Gasteiger partial charge in [-0.2, -0.15) is 0 Å². The summed E-state index contributed by atoms with van der Waals surface area (Å²) in [4.78, 5) is 29.3. The van der Waals surface area contributed by atoms with Crippen molar-refractivity contribution in [2.24, 2.45) is 5.92 Å². The molecule has 0 unspecified atom stereocenters. The topological polar surface area (TPSA) is 54.8 Å². The molecule has 166 valence electrons. The molecule has 0 spiro atoms. The van der Waals surface area contributed by atoms with Crippen molar-refractivity contribution < 1.29 is 14.3 Å². The number of amides is 2. The Labute approximate surface area is 184 Å². The van der Waals surface area contributed by atoms with Gasteiger partial charge in [0.2, 0.25) is 0 Å². The summed E-state index contributed by atoms with van der Waals surface area (Å²) in [6, 6.07) is 6.08. The third kappa shape index (κ3) is 4.21. The molecule has 1 aromatic heterocycles. The van der Waals surface area contributed by atoms with Gasteiger partial charge in [0, 0.05) is 60.3 Å². The lowest BCUT2D eigenvalue weighted by atomic mass is 9.98. The van der Waals surface area contributed by atoms with E-state index in [0.717, 1.165) is 67.3 Å². The summed E-state index contributed by atoms with van der Waals surface area (Å²) in [5.74, 6) is 1.19. The minimum atomic E-state index is -0.357. The third-order valence-corrected chi connectivity index (χ3v) is 6.54. The molecule has 0 N–H and O–H groups in total. The van der Waals surface area contributed by atoms with Gasteiger partial charge in [-0.15, -0.1) is 0 Å². The maximum atomic E-state index is 13.2. The number of fused-ring (bicyclic) bond motifs is 3. The minimum absolute atomic E-state index is 0.111. The quantitative estimate of drug-likeness (QED) is 0.654. The molecule has 6 nitrogen and oxygen atoms in total. The number of hydrogen-bond acceptors (Lipinski definition) is 3. The molecule has 2 aliphatic heterocycles. The molecule has 2 aliphatic rings. The van der Waals surface area contributed by atoms with Crippen LogP contribution >= 0.6 is 0 Å². The molecule has 0 aliphatic carbocycles. The van der Waals surface area contributed by atoms with E-state index >= 15 is 0 Å². The Kier molecular flexibility index (Phi) is 6.08. The molecule has 4 rings (SSSR count). The smallest absolute Gasteiger partial charge is 0.415 e. The van der Waals surface area contributed by atoms with Crippen LogP contribution in [-0.2, 0) is 24.2 Å².